The van der Waals surface area contributed by atoms with E-state index in [1.165, 1.54) is 5.69 Å². The molecule has 3 N–H and O–H groups in total. The van der Waals surface area contributed by atoms with Crippen LogP contribution in [-0.4, -0.2) is 30.7 Å². The normalized spacial score (nSPS) is 20.0. The van der Waals surface area contributed by atoms with Crippen LogP contribution in [0.3, 0.4) is 0 Å². The van der Waals surface area contributed by atoms with Crippen molar-refractivity contribution in [3.8, 4) is 0 Å². The van der Waals surface area contributed by atoms with Crippen LogP contribution in [0.1, 0.15) is 20.3 Å². The van der Waals surface area contributed by atoms with Crippen molar-refractivity contribution in [2.24, 2.45) is 11.7 Å². The van der Waals surface area contributed by atoms with Crippen LogP contribution in [0.5, 0.6) is 0 Å². The Morgan fingerprint density at radius 2 is 2.41 bits per heavy atom. The first-order valence-electron chi connectivity index (χ1n) is 6.35. The van der Waals surface area contributed by atoms with Gasteiger partial charge in [-0.25, -0.2) is 4.98 Å². The van der Waals surface area contributed by atoms with Gasteiger partial charge in [0.2, 0.25) is 0 Å². The maximum Gasteiger partial charge on any atom is 0.127 e. The van der Waals surface area contributed by atoms with Gasteiger partial charge in [-0.2, -0.15) is 0 Å². The predicted octanol–water partition coefficient (Wildman–Crippen LogP) is 1.69. The van der Waals surface area contributed by atoms with Gasteiger partial charge in [-0.3, -0.25) is 0 Å². The van der Waals surface area contributed by atoms with Crippen LogP contribution in [0.15, 0.2) is 18.3 Å². The van der Waals surface area contributed by atoms with E-state index in [1.807, 2.05) is 6.20 Å². The largest absolute Gasteiger partial charge is 0.370 e. The van der Waals surface area contributed by atoms with E-state index in [-0.39, 0.29) is 0 Å². The van der Waals surface area contributed by atoms with Crippen LogP contribution in [-0.2, 0) is 0 Å². The quantitative estimate of drug-likeness (QED) is 0.832. The number of pyridine rings is 1. The zero-order valence-corrected chi connectivity index (χ0v) is 10.7. The zero-order valence-electron chi connectivity index (χ0n) is 10.7. The average molecular weight is 234 g/mol. The molecule has 1 aromatic heterocycles. The van der Waals surface area contributed by atoms with E-state index in [4.69, 9.17) is 5.73 Å². The second-order valence-electron chi connectivity index (χ2n) is 5.17. The lowest BCUT2D eigenvalue weighted by Crippen LogP contribution is -2.26. The van der Waals surface area contributed by atoms with Crippen LogP contribution in [0, 0.1) is 5.92 Å². The molecule has 94 valence electrons. The molecule has 0 saturated carbocycles. The van der Waals surface area contributed by atoms with Crippen molar-refractivity contribution in [1.82, 2.24) is 4.98 Å². The van der Waals surface area contributed by atoms with Crippen LogP contribution >= 0.6 is 0 Å². The number of nitrogens with two attached hydrogens (primary N) is 1. The van der Waals surface area contributed by atoms with E-state index in [0.29, 0.717) is 12.0 Å². The summed E-state index contributed by atoms with van der Waals surface area (Å²) in [4.78, 5) is 6.66. The maximum absolute atomic E-state index is 5.93. The topological polar surface area (TPSA) is 54.2 Å². The maximum atomic E-state index is 5.93. The Morgan fingerprint density at radius 3 is 3.06 bits per heavy atom. The second-order valence-corrected chi connectivity index (χ2v) is 5.17. The first-order valence-corrected chi connectivity index (χ1v) is 6.35. The zero-order chi connectivity index (χ0) is 12.3. The van der Waals surface area contributed by atoms with E-state index in [9.17, 15) is 0 Å². The van der Waals surface area contributed by atoms with Gasteiger partial charge in [0, 0.05) is 43.6 Å². The first kappa shape index (κ1) is 12.2. The highest BCUT2D eigenvalue weighted by Crippen LogP contribution is 2.21. The Bertz CT molecular complexity index is 364. The molecule has 4 heteroatoms. The van der Waals surface area contributed by atoms with Crippen molar-refractivity contribution in [3.05, 3.63) is 18.3 Å². The third-order valence-corrected chi connectivity index (χ3v) is 3.02. The van der Waals surface area contributed by atoms with Gasteiger partial charge in [0.1, 0.15) is 5.82 Å². The molecule has 1 aliphatic rings. The lowest BCUT2D eigenvalue weighted by Gasteiger charge is -2.19. The van der Waals surface area contributed by atoms with Crippen molar-refractivity contribution in [2.45, 2.75) is 26.3 Å². The third kappa shape index (κ3) is 3.33. The molecule has 1 saturated heterocycles. The number of rotatable bonds is 4. The molecule has 2 heterocycles. The number of nitrogens with zero attached hydrogens (tertiary/aromatic N) is 2. The molecule has 4 nitrogen and oxygen atoms in total. The molecule has 2 rings (SSSR count). The summed E-state index contributed by atoms with van der Waals surface area (Å²) in [6.07, 6.45) is 2.94. The number of aromatic nitrogens is 1. The molecule has 1 atom stereocenters. The third-order valence-electron chi connectivity index (χ3n) is 3.02. The highest BCUT2D eigenvalue weighted by atomic mass is 15.2. The summed E-state index contributed by atoms with van der Waals surface area (Å²) >= 11 is 0. The molecule has 0 bridgehead atoms. The molecule has 1 aromatic rings. The number of nitrogens with one attached hydrogen (secondary N) is 1. The van der Waals surface area contributed by atoms with Crippen molar-refractivity contribution in [2.75, 3.05) is 29.9 Å². The van der Waals surface area contributed by atoms with Crippen molar-refractivity contribution < 1.29 is 0 Å². The van der Waals surface area contributed by atoms with Crippen molar-refractivity contribution in [3.63, 3.8) is 0 Å². The monoisotopic (exact) mass is 234 g/mol. The van der Waals surface area contributed by atoms with E-state index >= 15 is 0 Å². The van der Waals surface area contributed by atoms with Gasteiger partial charge < -0.3 is 16.0 Å². The van der Waals surface area contributed by atoms with E-state index in [1.54, 1.807) is 0 Å². The lowest BCUT2D eigenvalue weighted by atomic mass is 10.2. The molecular weight excluding hydrogens is 212 g/mol. The molecule has 1 fully saturated rings. The van der Waals surface area contributed by atoms with E-state index in [2.05, 4.69) is 41.2 Å². The van der Waals surface area contributed by atoms with Crippen LogP contribution in [0.25, 0.3) is 0 Å². The summed E-state index contributed by atoms with van der Waals surface area (Å²) in [6.45, 7) is 7.34. The molecule has 17 heavy (non-hydrogen) atoms. The lowest BCUT2D eigenvalue weighted by molar-refractivity contribution is 0.687. The van der Waals surface area contributed by atoms with Crippen molar-refractivity contribution >= 4 is 11.5 Å². The Labute approximate surface area is 103 Å². The Morgan fingerprint density at radius 1 is 1.59 bits per heavy atom. The molecule has 0 spiro atoms. The number of hydrogen-bond donors (Lipinski definition) is 2. The van der Waals surface area contributed by atoms with Gasteiger partial charge in [-0.15, -0.1) is 0 Å². The molecule has 0 radical (unpaired) electrons. The summed E-state index contributed by atoms with van der Waals surface area (Å²) in [5.41, 5.74) is 7.15. The van der Waals surface area contributed by atoms with Crippen LogP contribution in [0.4, 0.5) is 11.5 Å². The summed E-state index contributed by atoms with van der Waals surface area (Å²) in [5.74, 6) is 1.58. The molecule has 0 aromatic carbocycles. The fraction of sp³-hybridized carbons (Fsp3) is 0.615. The first-order chi connectivity index (χ1) is 8.15. The van der Waals surface area contributed by atoms with Crippen molar-refractivity contribution in [1.29, 1.82) is 0 Å². The molecule has 1 aliphatic heterocycles. The molecule has 0 aliphatic carbocycles. The predicted molar refractivity (Wildman–Crippen MR) is 72.4 cm³/mol. The van der Waals surface area contributed by atoms with Crippen LogP contribution in [0.2, 0.25) is 0 Å². The van der Waals surface area contributed by atoms with Gasteiger partial charge in [-0.05, 0) is 18.4 Å². The Hall–Kier alpha value is -1.29. The molecule has 0 amide bonds. The fourth-order valence-electron chi connectivity index (χ4n) is 2.04. The Kier molecular flexibility index (Phi) is 3.84. The van der Waals surface area contributed by atoms with E-state index in [0.717, 1.165) is 31.9 Å². The van der Waals surface area contributed by atoms with Crippen LogP contribution < -0.4 is 16.0 Å². The van der Waals surface area contributed by atoms with Gasteiger partial charge in [0.25, 0.3) is 0 Å². The van der Waals surface area contributed by atoms with Gasteiger partial charge in [-0.1, -0.05) is 13.8 Å². The second kappa shape index (κ2) is 5.36. The summed E-state index contributed by atoms with van der Waals surface area (Å²) < 4.78 is 0. The summed E-state index contributed by atoms with van der Waals surface area (Å²) in [7, 11) is 0. The standard InChI is InChI=1S/C13H22N4/c1-10(2)8-16-13-7-12(3-5-15-13)17-6-4-11(14)9-17/h3,5,7,10-11H,4,6,8-9,14H2,1-2H3,(H,15,16)/t11-/m1/s1. The molecule has 0 unspecified atom stereocenters. The highest BCUT2D eigenvalue weighted by Gasteiger charge is 2.19. The SMILES string of the molecule is CC(C)CNc1cc(N2CC[C@@H](N)C2)ccn1. The minimum atomic E-state index is 0.315. The number of anilines is 2. The number of hydrogen-bond acceptors (Lipinski definition) is 4. The van der Waals surface area contributed by atoms with Gasteiger partial charge in [0.05, 0.1) is 0 Å². The molecular formula is C13H22N4. The summed E-state index contributed by atoms with van der Waals surface area (Å²) in [6, 6.07) is 4.48. The summed E-state index contributed by atoms with van der Waals surface area (Å²) in [5, 5.41) is 3.35. The Balaban J connectivity index is 2.01. The average Bonchev–Trinajstić information content (AvgIpc) is 2.74. The fourth-order valence-corrected chi connectivity index (χ4v) is 2.04. The van der Waals surface area contributed by atoms with E-state index < -0.39 is 0 Å². The minimum absolute atomic E-state index is 0.315. The smallest absolute Gasteiger partial charge is 0.127 e. The minimum Gasteiger partial charge on any atom is -0.370 e. The van der Waals surface area contributed by atoms with Gasteiger partial charge in [0.15, 0.2) is 0 Å². The van der Waals surface area contributed by atoms with Gasteiger partial charge >= 0.3 is 0 Å². The highest BCUT2D eigenvalue weighted by molar-refractivity contribution is 5.54.